The van der Waals surface area contributed by atoms with Crippen molar-refractivity contribution in [3.05, 3.63) is 76.4 Å². The monoisotopic (exact) mass is 306 g/mol. The number of ketones is 2. The number of esters is 1. The molecular formula is C19H14O4. The van der Waals surface area contributed by atoms with E-state index in [4.69, 9.17) is 4.74 Å². The summed E-state index contributed by atoms with van der Waals surface area (Å²) in [4.78, 5) is 37.3. The Morgan fingerprint density at radius 3 is 2.17 bits per heavy atom. The fourth-order valence-electron chi connectivity index (χ4n) is 2.57. The molecular weight excluding hydrogens is 292 g/mol. The van der Waals surface area contributed by atoms with E-state index in [0.717, 1.165) is 0 Å². The third-order valence-electron chi connectivity index (χ3n) is 3.79. The lowest BCUT2D eigenvalue weighted by atomic mass is 9.83. The average Bonchev–Trinajstić information content (AvgIpc) is 2.54. The van der Waals surface area contributed by atoms with Crippen LogP contribution in [-0.2, 0) is 4.79 Å². The first-order chi connectivity index (χ1) is 10.9. The number of benzene rings is 2. The van der Waals surface area contributed by atoms with Crippen molar-refractivity contribution < 1.29 is 19.1 Å². The van der Waals surface area contributed by atoms with E-state index < -0.39 is 5.97 Å². The third kappa shape index (κ3) is 2.28. The molecule has 3 rings (SSSR count). The van der Waals surface area contributed by atoms with Crippen molar-refractivity contribution in [1.82, 2.24) is 0 Å². The number of carbonyl (C=O) groups excluding carboxylic acids is 3. The first-order valence-electron chi connectivity index (χ1n) is 7.11. The van der Waals surface area contributed by atoms with Crippen LogP contribution in [0, 0.1) is 6.92 Å². The van der Waals surface area contributed by atoms with Gasteiger partial charge in [0, 0.05) is 22.3 Å². The molecule has 0 bridgehead atoms. The summed E-state index contributed by atoms with van der Waals surface area (Å²) in [6, 6.07) is 9.90. The number of aryl methyl sites for hydroxylation is 1. The predicted octanol–water partition coefficient (Wildman–Crippen LogP) is 3.25. The summed E-state index contributed by atoms with van der Waals surface area (Å²) in [7, 11) is 0. The van der Waals surface area contributed by atoms with Crippen molar-refractivity contribution in [1.29, 1.82) is 0 Å². The average molecular weight is 306 g/mol. The number of rotatable bonds is 2. The number of ether oxygens (including phenoxy) is 1. The molecule has 0 N–H and O–H groups in total. The highest BCUT2D eigenvalue weighted by atomic mass is 16.5. The van der Waals surface area contributed by atoms with Crippen LogP contribution in [0.5, 0.6) is 5.75 Å². The van der Waals surface area contributed by atoms with Crippen LogP contribution in [0.25, 0.3) is 0 Å². The van der Waals surface area contributed by atoms with Crippen molar-refractivity contribution in [3.63, 3.8) is 0 Å². The minimum atomic E-state index is -0.624. The molecule has 0 saturated carbocycles. The van der Waals surface area contributed by atoms with Crippen LogP contribution in [0.15, 0.2) is 48.6 Å². The van der Waals surface area contributed by atoms with E-state index >= 15 is 0 Å². The van der Waals surface area contributed by atoms with Gasteiger partial charge in [-0.15, -0.1) is 0 Å². The van der Waals surface area contributed by atoms with E-state index in [9.17, 15) is 14.4 Å². The Morgan fingerprint density at radius 2 is 1.57 bits per heavy atom. The number of fused-ring (bicyclic) bond motifs is 2. The van der Waals surface area contributed by atoms with Crippen molar-refractivity contribution in [2.45, 2.75) is 13.8 Å². The zero-order valence-corrected chi connectivity index (χ0v) is 12.8. The molecule has 0 heterocycles. The summed E-state index contributed by atoms with van der Waals surface area (Å²) in [5.41, 5.74) is 1.91. The van der Waals surface area contributed by atoms with Crippen LogP contribution in [-0.4, -0.2) is 17.5 Å². The topological polar surface area (TPSA) is 60.4 Å². The van der Waals surface area contributed by atoms with Crippen molar-refractivity contribution in [2.75, 3.05) is 0 Å². The number of carbonyl (C=O) groups is 3. The Bertz CT molecular complexity index is 890. The first-order valence-corrected chi connectivity index (χ1v) is 7.11. The molecule has 2 aromatic carbocycles. The van der Waals surface area contributed by atoms with E-state index in [1.807, 2.05) is 0 Å². The van der Waals surface area contributed by atoms with Crippen LogP contribution >= 0.6 is 0 Å². The lowest BCUT2D eigenvalue weighted by Gasteiger charge is -2.21. The maximum Gasteiger partial charge on any atom is 0.338 e. The molecule has 1 aliphatic carbocycles. The summed E-state index contributed by atoms with van der Waals surface area (Å²) >= 11 is 0. The van der Waals surface area contributed by atoms with Crippen LogP contribution in [0.1, 0.15) is 44.3 Å². The minimum Gasteiger partial charge on any atom is -0.422 e. The molecule has 0 atom stereocenters. The molecule has 0 radical (unpaired) electrons. The number of hydrogen-bond donors (Lipinski definition) is 0. The van der Waals surface area contributed by atoms with Crippen LogP contribution < -0.4 is 4.74 Å². The highest BCUT2D eigenvalue weighted by molar-refractivity contribution is 6.29. The van der Waals surface area contributed by atoms with E-state index in [2.05, 4.69) is 6.58 Å². The zero-order valence-electron chi connectivity index (χ0n) is 12.8. The second-order valence-corrected chi connectivity index (χ2v) is 5.51. The normalized spacial score (nSPS) is 12.4. The van der Waals surface area contributed by atoms with Gasteiger partial charge in [0.25, 0.3) is 0 Å². The second-order valence-electron chi connectivity index (χ2n) is 5.51. The lowest BCUT2D eigenvalue weighted by molar-refractivity contribution is -0.130. The minimum absolute atomic E-state index is 0.128. The van der Waals surface area contributed by atoms with Gasteiger partial charge in [0.1, 0.15) is 5.75 Å². The lowest BCUT2D eigenvalue weighted by Crippen LogP contribution is -2.23. The maximum atomic E-state index is 12.8. The Labute approximate surface area is 133 Å². The van der Waals surface area contributed by atoms with E-state index in [1.165, 1.54) is 6.92 Å². The largest absolute Gasteiger partial charge is 0.422 e. The van der Waals surface area contributed by atoms with Crippen LogP contribution in [0.3, 0.4) is 0 Å². The molecule has 0 aromatic heterocycles. The molecule has 4 heteroatoms. The highest BCUT2D eigenvalue weighted by Crippen LogP contribution is 2.35. The molecule has 0 saturated heterocycles. The summed E-state index contributed by atoms with van der Waals surface area (Å²) < 4.78 is 5.33. The maximum absolute atomic E-state index is 12.8. The molecule has 1 aliphatic rings. The molecule has 4 nitrogen and oxygen atoms in total. The number of hydrogen-bond acceptors (Lipinski definition) is 4. The first kappa shape index (κ1) is 14.9. The Hall–Kier alpha value is -3.01. The molecule has 0 unspecified atom stereocenters. The van der Waals surface area contributed by atoms with Gasteiger partial charge in [-0.25, -0.2) is 4.79 Å². The van der Waals surface area contributed by atoms with E-state index in [0.29, 0.717) is 16.7 Å². The van der Waals surface area contributed by atoms with E-state index in [1.54, 1.807) is 43.3 Å². The van der Waals surface area contributed by atoms with Crippen LogP contribution in [0.4, 0.5) is 0 Å². The van der Waals surface area contributed by atoms with Gasteiger partial charge in [-0.2, -0.15) is 0 Å². The van der Waals surface area contributed by atoms with Gasteiger partial charge in [-0.1, -0.05) is 36.9 Å². The van der Waals surface area contributed by atoms with E-state index in [-0.39, 0.29) is 34.0 Å². The molecule has 0 fully saturated rings. The van der Waals surface area contributed by atoms with Gasteiger partial charge in [0.15, 0.2) is 11.6 Å². The zero-order chi connectivity index (χ0) is 16.7. The molecule has 0 aliphatic heterocycles. The smallest absolute Gasteiger partial charge is 0.338 e. The van der Waals surface area contributed by atoms with Gasteiger partial charge in [0.2, 0.25) is 0 Å². The van der Waals surface area contributed by atoms with Crippen LogP contribution in [0.2, 0.25) is 0 Å². The summed E-state index contributed by atoms with van der Waals surface area (Å²) in [5, 5.41) is 0. The summed E-state index contributed by atoms with van der Waals surface area (Å²) in [5.74, 6) is -1.06. The van der Waals surface area contributed by atoms with Gasteiger partial charge < -0.3 is 4.74 Å². The standard InChI is InChI=1S/C19H14O4/c1-10(2)19(22)23-18-11(3)8-9-14-15(18)17(21)13-7-5-4-6-12(13)16(14)20/h4-9H,1H2,2-3H3. The molecule has 114 valence electrons. The Balaban J connectivity index is 2.23. The van der Waals surface area contributed by atoms with Gasteiger partial charge in [-0.05, 0) is 25.5 Å². The molecule has 0 amide bonds. The van der Waals surface area contributed by atoms with Gasteiger partial charge in [0.05, 0.1) is 5.56 Å². The fourth-order valence-corrected chi connectivity index (χ4v) is 2.57. The molecule has 23 heavy (non-hydrogen) atoms. The summed E-state index contributed by atoms with van der Waals surface area (Å²) in [6.07, 6.45) is 0. The Kier molecular flexibility index (Phi) is 3.45. The fraction of sp³-hybridized carbons (Fsp3) is 0.105. The second kappa shape index (κ2) is 5.32. The molecule has 2 aromatic rings. The highest BCUT2D eigenvalue weighted by Gasteiger charge is 2.33. The Morgan fingerprint density at radius 1 is 0.957 bits per heavy atom. The summed E-state index contributed by atoms with van der Waals surface area (Å²) in [6.45, 7) is 6.78. The quantitative estimate of drug-likeness (QED) is 0.414. The molecule has 0 spiro atoms. The SMILES string of the molecule is C=C(C)C(=O)Oc1c(C)ccc2c1C(=O)c1ccccc1C2=O. The van der Waals surface area contributed by atoms with Gasteiger partial charge >= 0.3 is 5.97 Å². The van der Waals surface area contributed by atoms with Crippen molar-refractivity contribution in [2.24, 2.45) is 0 Å². The van der Waals surface area contributed by atoms with Gasteiger partial charge in [-0.3, -0.25) is 9.59 Å². The third-order valence-corrected chi connectivity index (χ3v) is 3.79. The predicted molar refractivity (Wildman–Crippen MR) is 84.9 cm³/mol. The van der Waals surface area contributed by atoms with Crippen molar-refractivity contribution in [3.8, 4) is 5.75 Å². The van der Waals surface area contributed by atoms with Crippen molar-refractivity contribution >= 4 is 17.5 Å².